The van der Waals surface area contributed by atoms with Gasteiger partial charge < -0.3 is 20.6 Å². The molecule has 170 valence electrons. The quantitative estimate of drug-likeness (QED) is 0.291. The summed E-state index contributed by atoms with van der Waals surface area (Å²) < 4.78 is 14.7. The van der Waals surface area contributed by atoms with E-state index < -0.39 is 0 Å². The molecule has 0 aliphatic carbocycles. The van der Waals surface area contributed by atoms with Crippen LogP contribution in [0.5, 0.6) is 0 Å². The number of aliphatic hydroxyl groups excluding tert-OH is 1. The zero-order valence-electron chi connectivity index (χ0n) is 18.6. The number of aryl methyl sites for hydroxylation is 2. The van der Waals surface area contributed by atoms with Crippen LogP contribution >= 0.6 is 24.0 Å². The van der Waals surface area contributed by atoms with Gasteiger partial charge in [0.05, 0.1) is 18.3 Å². The molecule has 3 rings (SSSR count). The molecule has 1 aliphatic rings. The molecule has 31 heavy (non-hydrogen) atoms. The molecule has 1 fully saturated rings. The number of aliphatic imine (C=N–C) groups is 1. The fourth-order valence-corrected chi connectivity index (χ4v) is 3.75. The maximum absolute atomic E-state index is 14.7. The van der Waals surface area contributed by atoms with Crippen molar-refractivity contribution in [2.45, 2.75) is 52.8 Å². The summed E-state index contributed by atoms with van der Waals surface area (Å²) in [6.07, 6.45) is 1.10. The lowest BCUT2D eigenvalue weighted by Gasteiger charge is -2.31. The summed E-state index contributed by atoms with van der Waals surface area (Å²) in [4.78, 5) is 6.62. The van der Waals surface area contributed by atoms with E-state index in [1.165, 1.54) is 16.7 Å². The maximum Gasteiger partial charge on any atom is 0.191 e. The van der Waals surface area contributed by atoms with Crippen molar-refractivity contribution in [2.75, 3.05) is 24.5 Å². The molecule has 3 N–H and O–H groups in total. The summed E-state index contributed by atoms with van der Waals surface area (Å²) in [6, 6.07) is 11.7. The number of hydrogen-bond acceptors (Lipinski definition) is 3. The van der Waals surface area contributed by atoms with E-state index in [1.807, 2.05) is 24.0 Å². The highest BCUT2D eigenvalue weighted by atomic mass is 127. The van der Waals surface area contributed by atoms with Crippen LogP contribution in [0.1, 0.15) is 42.0 Å². The summed E-state index contributed by atoms with van der Waals surface area (Å²) in [5.74, 6) is 0.485. The van der Waals surface area contributed by atoms with Gasteiger partial charge in [-0.15, -0.1) is 24.0 Å². The van der Waals surface area contributed by atoms with E-state index >= 15 is 0 Å². The average molecular weight is 540 g/mol. The number of hydrogen-bond donors (Lipinski definition) is 3. The van der Waals surface area contributed by atoms with Gasteiger partial charge in [0.2, 0.25) is 0 Å². The van der Waals surface area contributed by atoms with Gasteiger partial charge in [0.25, 0.3) is 0 Å². The number of halogens is 2. The van der Waals surface area contributed by atoms with Crippen LogP contribution in [0.15, 0.2) is 41.4 Å². The van der Waals surface area contributed by atoms with Crippen LogP contribution in [0.2, 0.25) is 0 Å². The number of nitrogens with one attached hydrogen (secondary N) is 2. The number of guanidine groups is 1. The van der Waals surface area contributed by atoms with Crippen LogP contribution in [0, 0.1) is 19.7 Å². The van der Waals surface area contributed by atoms with E-state index in [1.54, 1.807) is 6.07 Å². The van der Waals surface area contributed by atoms with Crippen molar-refractivity contribution in [3.63, 3.8) is 0 Å². The van der Waals surface area contributed by atoms with Crippen molar-refractivity contribution in [1.82, 2.24) is 10.6 Å². The van der Waals surface area contributed by atoms with Gasteiger partial charge in [0.15, 0.2) is 5.96 Å². The molecular formula is C24H34FIN4O. The fraction of sp³-hybridized carbons (Fsp3) is 0.458. The first-order valence-corrected chi connectivity index (χ1v) is 10.8. The highest BCUT2D eigenvalue weighted by molar-refractivity contribution is 14.0. The van der Waals surface area contributed by atoms with E-state index in [-0.39, 0.29) is 35.9 Å². The Labute approximate surface area is 202 Å². The van der Waals surface area contributed by atoms with Gasteiger partial charge in [0.1, 0.15) is 5.82 Å². The Morgan fingerprint density at radius 1 is 1.13 bits per heavy atom. The van der Waals surface area contributed by atoms with Crippen LogP contribution in [0.4, 0.5) is 10.1 Å². The maximum atomic E-state index is 14.7. The zero-order chi connectivity index (χ0) is 21.5. The van der Waals surface area contributed by atoms with Crippen molar-refractivity contribution in [2.24, 2.45) is 4.99 Å². The number of benzene rings is 2. The molecule has 2 aromatic rings. The van der Waals surface area contributed by atoms with Crippen LogP contribution in [0.3, 0.4) is 0 Å². The number of piperidine rings is 1. The molecule has 1 heterocycles. The lowest BCUT2D eigenvalue weighted by molar-refractivity contribution is 0.145. The Kier molecular flexibility index (Phi) is 10.0. The molecule has 1 aliphatic heterocycles. The van der Waals surface area contributed by atoms with E-state index in [4.69, 9.17) is 0 Å². The smallest absolute Gasteiger partial charge is 0.191 e. The molecule has 5 nitrogen and oxygen atoms in total. The topological polar surface area (TPSA) is 59.9 Å². The summed E-state index contributed by atoms with van der Waals surface area (Å²) in [5, 5.41) is 16.3. The standard InChI is InChI=1S/C24H33FN4O.HI/c1-4-26-24(28-16-20-7-5-17(2)13-18(20)3)27-15-19-6-8-23(22(25)14-19)29-11-9-21(30)10-12-29;/h5-8,13-14,21,30H,4,9-12,15-16H2,1-3H3,(H2,26,27,28);1H. The molecular weight excluding hydrogens is 506 g/mol. The predicted molar refractivity (Wildman–Crippen MR) is 137 cm³/mol. The average Bonchev–Trinajstić information content (AvgIpc) is 2.72. The predicted octanol–water partition coefficient (Wildman–Crippen LogP) is 4.28. The third-order valence-corrected chi connectivity index (χ3v) is 5.53. The Hall–Kier alpha value is -1.87. The molecule has 0 saturated carbocycles. The van der Waals surface area contributed by atoms with Crippen molar-refractivity contribution in [3.05, 3.63) is 64.5 Å². The lowest BCUT2D eigenvalue weighted by atomic mass is 10.1. The molecule has 0 radical (unpaired) electrons. The second kappa shape index (κ2) is 12.2. The fourth-order valence-electron chi connectivity index (χ4n) is 3.75. The normalized spacial score (nSPS) is 14.9. The largest absolute Gasteiger partial charge is 0.393 e. The minimum Gasteiger partial charge on any atom is -0.393 e. The first-order chi connectivity index (χ1) is 14.5. The van der Waals surface area contributed by atoms with E-state index in [2.05, 4.69) is 47.7 Å². The van der Waals surface area contributed by atoms with Crippen LogP contribution in [-0.4, -0.2) is 36.8 Å². The number of nitrogens with zero attached hydrogens (tertiary/aromatic N) is 2. The second-order valence-electron chi connectivity index (χ2n) is 7.98. The van der Waals surface area contributed by atoms with Crippen LogP contribution < -0.4 is 15.5 Å². The van der Waals surface area contributed by atoms with E-state index in [0.717, 1.165) is 12.1 Å². The molecule has 0 spiro atoms. The molecule has 2 aromatic carbocycles. The first-order valence-electron chi connectivity index (χ1n) is 10.8. The Morgan fingerprint density at radius 3 is 2.52 bits per heavy atom. The molecule has 1 saturated heterocycles. The summed E-state index contributed by atoms with van der Waals surface area (Å²) in [5.41, 5.74) is 5.17. The molecule has 0 unspecified atom stereocenters. The highest BCUT2D eigenvalue weighted by Gasteiger charge is 2.19. The van der Waals surface area contributed by atoms with Crippen LogP contribution in [0.25, 0.3) is 0 Å². The number of rotatable bonds is 6. The van der Waals surface area contributed by atoms with Crippen LogP contribution in [-0.2, 0) is 13.1 Å². The van der Waals surface area contributed by atoms with Crippen molar-refractivity contribution < 1.29 is 9.50 Å². The Balaban J connectivity index is 0.00000341. The van der Waals surface area contributed by atoms with Gasteiger partial charge in [0, 0.05) is 26.2 Å². The van der Waals surface area contributed by atoms with Crippen molar-refractivity contribution in [3.8, 4) is 0 Å². The zero-order valence-corrected chi connectivity index (χ0v) is 20.9. The molecule has 0 bridgehead atoms. The number of anilines is 1. The van der Waals surface area contributed by atoms with Gasteiger partial charge in [-0.1, -0.05) is 29.8 Å². The van der Waals surface area contributed by atoms with E-state index in [9.17, 15) is 9.50 Å². The minimum absolute atomic E-state index is 0. The lowest BCUT2D eigenvalue weighted by Crippen LogP contribution is -2.37. The molecule has 0 aromatic heterocycles. The van der Waals surface area contributed by atoms with Gasteiger partial charge in [-0.3, -0.25) is 0 Å². The van der Waals surface area contributed by atoms with Gasteiger partial charge in [-0.25, -0.2) is 9.38 Å². The monoisotopic (exact) mass is 540 g/mol. The van der Waals surface area contributed by atoms with Crippen molar-refractivity contribution in [1.29, 1.82) is 0 Å². The summed E-state index contributed by atoms with van der Waals surface area (Å²) >= 11 is 0. The Bertz CT molecular complexity index is 882. The SMILES string of the molecule is CCNC(=NCc1ccc(N2CCC(O)CC2)c(F)c1)NCc1ccc(C)cc1C.I. The van der Waals surface area contributed by atoms with E-state index in [0.29, 0.717) is 50.7 Å². The summed E-state index contributed by atoms with van der Waals surface area (Å²) in [6.45, 7) is 9.44. The Morgan fingerprint density at radius 2 is 1.87 bits per heavy atom. The third-order valence-electron chi connectivity index (χ3n) is 5.53. The molecule has 0 amide bonds. The molecule has 7 heteroatoms. The number of aliphatic hydroxyl groups is 1. The van der Waals surface area contributed by atoms with Gasteiger partial charge in [-0.05, 0) is 62.4 Å². The first kappa shape index (κ1) is 25.4. The highest BCUT2D eigenvalue weighted by Crippen LogP contribution is 2.24. The minimum atomic E-state index is -0.265. The van der Waals surface area contributed by atoms with Gasteiger partial charge in [-0.2, -0.15) is 0 Å². The third kappa shape index (κ3) is 7.35. The summed E-state index contributed by atoms with van der Waals surface area (Å²) in [7, 11) is 0. The van der Waals surface area contributed by atoms with Crippen molar-refractivity contribution >= 4 is 35.6 Å². The second-order valence-corrected chi connectivity index (χ2v) is 7.98. The van der Waals surface area contributed by atoms with Gasteiger partial charge >= 0.3 is 0 Å². The molecule has 0 atom stereocenters.